The van der Waals surface area contributed by atoms with Gasteiger partial charge in [0, 0.05) is 13.1 Å². The first-order valence-corrected chi connectivity index (χ1v) is 10.2. The topological polar surface area (TPSA) is 50.5 Å². The molecule has 1 aliphatic rings. The quantitative estimate of drug-likeness (QED) is 0.659. The van der Waals surface area contributed by atoms with Crippen molar-refractivity contribution >= 4 is 34.2 Å². The van der Waals surface area contributed by atoms with Crippen LogP contribution in [0.15, 0.2) is 29.4 Å². The van der Waals surface area contributed by atoms with Crippen molar-refractivity contribution in [3.8, 4) is 0 Å². The van der Waals surface area contributed by atoms with E-state index in [1.54, 1.807) is 0 Å². The number of hydrogen-bond donors (Lipinski definition) is 0. The SMILES string of the molecule is Cc1ccc2cc(C)c3nnc(SCC(=O)N4CCC(C)CC4)n3c2c1. The van der Waals surface area contributed by atoms with Gasteiger partial charge in [-0.25, -0.2) is 0 Å². The van der Waals surface area contributed by atoms with Gasteiger partial charge in [-0.2, -0.15) is 0 Å². The second-order valence-electron chi connectivity index (χ2n) is 7.38. The molecular formula is C20H24N4OS. The largest absolute Gasteiger partial charge is 0.342 e. The lowest BCUT2D eigenvalue weighted by Crippen LogP contribution is -2.38. The van der Waals surface area contributed by atoms with Crippen molar-refractivity contribution in [1.82, 2.24) is 19.5 Å². The van der Waals surface area contributed by atoms with E-state index in [2.05, 4.69) is 59.6 Å². The van der Waals surface area contributed by atoms with Crippen molar-refractivity contribution in [2.45, 2.75) is 38.8 Å². The third-order valence-electron chi connectivity index (χ3n) is 5.25. The number of carbonyl (C=O) groups excluding carboxylic acids is 1. The molecule has 3 aromatic rings. The third-order valence-corrected chi connectivity index (χ3v) is 6.16. The van der Waals surface area contributed by atoms with Crippen LogP contribution in [0.25, 0.3) is 16.6 Å². The van der Waals surface area contributed by atoms with Crippen LogP contribution in [0.2, 0.25) is 0 Å². The van der Waals surface area contributed by atoms with Crippen LogP contribution in [0, 0.1) is 19.8 Å². The van der Waals surface area contributed by atoms with E-state index in [1.807, 2.05) is 4.90 Å². The van der Waals surface area contributed by atoms with Gasteiger partial charge in [-0.3, -0.25) is 9.20 Å². The van der Waals surface area contributed by atoms with Crippen molar-refractivity contribution in [2.24, 2.45) is 5.92 Å². The van der Waals surface area contributed by atoms with Crippen LogP contribution >= 0.6 is 11.8 Å². The van der Waals surface area contributed by atoms with Gasteiger partial charge in [-0.1, -0.05) is 30.8 Å². The highest BCUT2D eigenvalue weighted by Gasteiger charge is 2.21. The normalized spacial score (nSPS) is 15.9. The number of fused-ring (bicyclic) bond motifs is 3. The summed E-state index contributed by atoms with van der Waals surface area (Å²) in [6.07, 6.45) is 2.21. The lowest BCUT2D eigenvalue weighted by Gasteiger charge is -2.30. The van der Waals surface area contributed by atoms with Gasteiger partial charge < -0.3 is 4.90 Å². The molecule has 26 heavy (non-hydrogen) atoms. The summed E-state index contributed by atoms with van der Waals surface area (Å²) in [7, 11) is 0. The molecule has 1 fully saturated rings. The molecule has 6 heteroatoms. The zero-order chi connectivity index (χ0) is 18.3. The van der Waals surface area contributed by atoms with Crippen LogP contribution in [0.4, 0.5) is 0 Å². The molecule has 5 nitrogen and oxygen atoms in total. The van der Waals surface area contributed by atoms with Gasteiger partial charge >= 0.3 is 0 Å². The minimum Gasteiger partial charge on any atom is -0.342 e. The van der Waals surface area contributed by atoms with Crippen LogP contribution in [0.5, 0.6) is 0 Å². The number of aryl methyl sites for hydroxylation is 2. The van der Waals surface area contributed by atoms with Crippen LogP contribution in [0.1, 0.15) is 30.9 Å². The average molecular weight is 369 g/mol. The van der Waals surface area contributed by atoms with E-state index in [0.29, 0.717) is 5.75 Å². The average Bonchev–Trinajstić information content (AvgIpc) is 3.06. The number of likely N-dealkylation sites (tertiary alicyclic amines) is 1. The van der Waals surface area contributed by atoms with Crippen molar-refractivity contribution < 1.29 is 4.79 Å². The molecule has 0 spiro atoms. The Morgan fingerprint density at radius 3 is 2.73 bits per heavy atom. The summed E-state index contributed by atoms with van der Waals surface area (Å²) in [5, 5.41) is 10.7. The maximum atomic E-state index is 12.6. The fourth-order valence-corrected chi connectivity index (χ4v) is 4.43. The molecule has 0 atom stereocenters. The molecule has 0 N–H and O–H groups in total. The Labute approximate surface area is 157 Å². The van der Waals surface area contributed by atoms with Crippen LogP contribution in [-0.4, -0.2) is 44.2 Å². The molecule has 0 bridgehead atoms. The number of benzene rings is 1. The number of piperidine rings is 1. The Bertz CT molecular complexity index is 973. The highest BCUT2D eigenvalue weighted by molar-refractivity contribution is 7.99. The number of amides is 1. The Morgan fingerprint density at radius 2 is 1.96 bits per heavy atom. The molecule has 136 valence electrons. The lowest BCUT2D eigenvalue weighted by molar-refractivity contribution is -0.129. The van der Waals surface area contributed by atoms with Gasteiger partial charge in [-0.15, -0.1) is 10.2 Å². The minimum atomic E-state index is 0.201. The van der Waals surface area contributed by atoms with Crippen LogP contribution < -0.4 is 0 Å². The van der Waals surface area contributed by atoms with Crippen molar-refractivity contribution in [1.29, 1.82) is 0 Å². The van der Waals surface area contributed by atoms with E-state index < -0.39 is 0 Å². The smallest absolute Gasteiger partial charge is 0.233 e. The third kappa shape index (κ3) is 3.18. The molecule has 3 heterocycles. The summed E-state index contributed by atoms with van der Waals surface area (Å²) >= 11 is 1.49. The van der Waals surface area contributed by atoms with Gasteiger partial charge in [0.1, 0.15) is 0 Å². The first kappa shape index (κ1) is 17.3. The molecule has 1 aliphatic heterocycles. The lowest BCUT2D eigenvalue weighted by atomic mass is 9.99. The highest BCUT2D eigenvalue weighted by atomic mass is 32.2. The van der Waals surface area contributed by atoms with Gasteiger partial charge in [0.15, 0.2) is 10.8 Å². The fraction of sp³-hybridized carbons (Fsp3) is 0.450. The molecule has 0 radical (unpaired) electrons. The molecule has 1 amide bonds. The molecule has 0 unspecified atom stereocenters. The van der Waals surface area contributed by atoms with Crippen molar-refractivity contribution in [3.05, 3.63) is 35.4 Å². The summed E-state index contributed by atoms with van der Waals surface area (Å²) in [4.78, 5) is 14.6. The zero-order valence-corrected chi connectivity index (χ0v) is 16.3. The van der Waals surface area contributed by atoms with Crippen LogP contribution in [0.3, 0.4) is 0 Å². The molecule has 4 rings (SSSR count). The Kier molecular flexibility index (Phi) is 4.61. The van der Waals surface area contributed by atoms with E-state index in [0.717, 1.165) is 53.7 Å². The van der Waals surface area contributed by atoms with Crippen molar-refractivity contribution in [2.75, 3.05) is 18.8 Å². The molecule has 2 aromatic heterocycles. The van der Waals surface area contributed by atoms with Gasteiger partial charge in [0.05, 0.1) is 11.3 Å². The highest BCUT2D eigenvalue weighted by Crippen LogP contribution is 2.27. The maximum absolute atomic E-state index is 12.6. The first-order valence-electron chi connectivity index (χ1n) is 9.18. The predicted octanol–water partition coefficient (Wildman–Crippen LogP) is 3.85. The second kappa shape index (κ2) is 6.91. The molecule has 0 aliphatic carbocycles. The van der Waals surface area contributed by atoms with E-state index in [4.69, 9.17) is 0 Å². The van der Waals surface area contributed by atoms with Gasteiger partial charge in [-0.05, 0) is 61.3 Å². The number of aromatic nitrogens is 3. The van der Waals surface area contributed by atoms with E-state index in [1.165, 1.54) is 22.7 Å². The number of pyridine rings is 1. The number of hydrogen-bond acceptors (Lipinski definition) is 4. The maximum Gasteiger partial charge on any atom is 0.233 e. The molecule has 1 saturated heterocycles. The Hall–Kier alpha value is -2.08. The number of nitrogens with zero attached hydrogens (tertiary/aromatic N) is 4. The monoisotopic (exact) mass is 368 g/mol. The Balaban J connectivity index is 1.62. The molecular weight excluding hydrogens is 344 g/mol. The summed E-state index contributed by atoms with van der Waals surface area (Å²) in [6.45, 7) is 8.15. The summed E-state index contributed by atoms with van der Waals surface area (Å²) < 4.78 is 2.09. The van der Waals surface area contributed by atoms with Crippen molar-refractivity contribution in [3.63, 3.8) is 0 Å². The van der Waals surface area contributed by atoms with Crippen LogP contribution in [-0.2, 0) is 4.79 Å². The van der Waals surface area contributed by atoms with Gasteiger partial charge in [0.25, 0.3) is 0 Å². The van der Waals surface area contributed by atoms with E-state index >= 15 is 0 Å². The summed E-state index contributed by atoms with van der Waals surface area (Å²) in [5.74, 6) is 1.34. The standard InChI is InChI=1S/C20H24N4OS/c1-13-6-8-23(9-7-13)18(25)12-26-20-22-21-19-15(3)11-16-5-4-14(2)10-17(16)24(19)20/h4-5,10-11,13H,6-9,12H2,1-3H3. The first-order chi connectivity index (χ1) is 12.5. The summed E-state index contributed by atoms with van der Waals surface area (Å²) in [5.41, 5.74) is 4.25. The Morgan fingerprint density at radius 1 is 1.19 bits per heavy atom. The molecule has 0 saturated carbocycles. The van der Waals surface area contributed by atoms with E-state index in [9.17, 15) is 4.79 Å². The zero-order valence-electron chi connectivity index (χ0n) is 15.5. The number of rotatable bonds is 3. The fourth-order valence-electron chi connectivity index (χ4n) is 3.58. The van der Waals surface area contributed by atoms with Gasteiger partial charge in [0.2, 0.25) is 5.91 Å². The summed E-state index contributed by atoms with van der Waals surface area (Å²) in [6, 6.07) is 8.55. The minimum absolute atomic E-state index is 0.201. The number of thioether (sulfide) groups is 1. The number of carbonyl (C=O) groups is 1. The molecule has 1 aromatic carbocycles. The second-order valence-corrected chi connectivity index (χ2v) is 8.33. The predicted molar refractivity (Wildman–Crippen MR) is 106 cm³/mol. The van der Waals surface area contributed by atoms with E-state index in [-0.39, 0.29) is 5.91 Å².